The molecule has 1 aliphatic rings. The van der Waals surface area contributed by atoms with Crippen molar-refractivity contribution < 1.29 is 0 Å². The highest BCUT2D eigenvalue weighted by atomic mass is 14.6. The molecule has 0 amide bonds. The Bertz CT molecular complexity index is 2760. The molecule has 0 saturated carbocycles. The van der Waals surface area contributed by atoms with E-state index in [0.717, 1.165) is 0 Å². The van der Waals surface area contributed by atoms with E-state index in [9.17, 15) is 0 Å². The van der Waals surface area contributed by atoms with Crippen LogP contribution >= 0.6 is 0 Å². The fraction of sp³-hybridized carbons (Fsp3) is 0.190. The number of rotatable bonds is 6. The molecule has 1 nitrogen and oxygen atoms in total. The topological polar surface area (TPSA) is 12.9 Å². The molecule has 1 heterocycles. The van der Waals surface area contributed by atoms with Gasteiger partial charge in [-0.25, -0.2) is 0 Å². The molecule has 0 fully saturated rings. The lowest BCUT2D eigenvalue weighted by Crippen LogP contribution is -2.14. The van der Waals surface area contributed by atoms with Crippen LogP contribution < -0.4 is 0 Å². The largest absolute Gasteiger partial charge is 0.264 e. The summed E-state index contributed by atoms with van der Waals surface area (Å²) >= 11 is 0. The fourth-order valence-corrected chi connectivity index (χ4v) is 8.10. The lowest BCUT2D eigenvalue weighted by Gasteiger charge is -2.21. The minimum Gasteiger partial charge on any atom is -0.264 e. The van der Waals surface area contributed by atoms with Gasteiger partial charge >= 0.3 is 0 Å². The number of pyridine rings is 1. The summed E-state index contributed by atoms with van der Waals surface area (Å²) in [4.78, 5) is 3.88. The molecule has 1 heteroatoms. The van der Waals surface area contributed by atoms with Gasteiger partial charge < -0.3 is 0 Å². The van der Waals surface area contributed by atoms with Crippen LogP contribution in [0, 0.1) is 27.7 Å². The number of hydrogen-bond acceptors (Lipinski definition) is 1. The van der Waals surface area contributed by atoms with Gasteiger partial charge in [0.05, 0.1) is 0 Å². The average molecular weight is 838 g/mol. The van der Waals surface area contributed by atoms with Crippen molar-refractivity contribution in [3.8, 4) is 44.5 Å². The second-order valence-electron chi connectivity index (χ2n) is 16.3. The number of nitrogens with zero attached hydrogens (tertiary/aromatic N) is 1. The first-order valence-corrected chi connectivity index (χ1v) is 23.0. The molecular weight excluding hydrogens is 771 g/mol. The Hall–Kier alpha value is -6.83. The molecule has 8 aromatic rings. The van der Waals surface area contributed by atoms with Crippen LogP contribution in [0.3, 0.4) is 0 Å². The Labute approximate surface area is 386 Å². The van der Waals surface area contributed by atoms with Crippen LogP contribution in [-0.4, -0.2) is 4.98 Å². The zero-order valence-electron chi connectivity index (χ0n) is 40.1. The molecule has 0 radical (unpaired) electrons. The van der Waals surface area contributed by atoms with Crippen molar-refractivity contribution in [1.29, 1.82) is 0 Å². The van der Waals surface area contributed by atoms with E-state index in [1.807, 2.05) is 52.9 Å². The first kappa shape index (κ1) is 48.2. The summed E-state index contributed by atoms with van der Waals surface area (Å²) in [6.45, 7) is 23.2. The first-order valence-electron chi connectivity index (χ1n) is 23.0. The minimum absolute atomic E-state index is 0.0542. The van der Waals surface area contributed by atoms with Crippen molar-refractivity contribution in [2.24, 2.45) is 0 Å². The van der Waals surface area contributed by atoms with Crippen LogP contribution in [0.25, 0.3) is 62.7 Å². The molecule has 0 atom stereocenters. The third kappa shape index (κ3) is 12.0. The number of aromatic nitrogens is 1. The first-order chi connectivity index (χ1) is 31.1. The molecule has 0 aliphatic heterocycles. The molecule has 324 valence electrons. The second-order valence-corrected chi connectivity index (χ2v) is 16.3. The van der Waals surface area contributed by atoms with E-state index in [1.54, 1.807) is 6.20 Å². The summed E-state index contributed by atoms with van der Waals surface area (Å²) in [7, 11) is 0. The highest BCUT2D eigenvalue weighted by molar-refractivity contribution is 5.84. The highest BCUT2D eigenvalue weighted by Crippen LogP contribution is 2.48. The summed E-state index contributed by atoms with van der Waals surface area (Å²) in [5.74, 6) is 0. The zero-order chi connectivity index (χ0) is 46.1. The van der Waals surface area contributed by atoms with Gasteiger partial charge in [0.1, 0.15) is 0 Å². The van der Waals surface area contributed by atoms with Crippen LogP contribution in [0.1, 0.15) is 98.5 Å². The lowest BCUT2D eigenvalue weighted by molar-refractivity contribution is 0.660. The van der Waals surface area contributed by atoms with Crippen LogP contribution in [0.15, 0.2) is 188 Å². The van der Waals surface area contributed by atoms with E-state index in [-0.39, 0.29) is 5.41 Å². The van der Waals surface area contributed by atoms with Crippen molar-refractivity contribution >= 4 is 18.2 Å². The Morgan fingerprint density at radius 1 is 0.406 bits per heavy atom. The van der Waals surface area contributed by atoms with Crippen molar-refractivity contribution in [2.45, 2.75) is 81.6 Å². The number of benzene rings is 7. The maximum Gasteiger partial charge on any atom is 0.0297 e. The Balaban J connectivity index is 0.000000196. The van der Waals surface area contributed by atoms with E-state index in [0.29, 0.717) is 0 Å². The van der Waals surface area contributed by atoms with Crippen molar-refractivity contribution in [1.82, 2.24) is 4.98 Å². The Kier molecular flexibility index (Phi) is 17.8. The normalized spacial score (nSPS) is 11.7. The predicted molar refractivity (Wildman–Crippen MR) is 283 cm³/mol. The Morgan fingerprint density at radius 3 is 1.59 bits per heavy atom. The predicted octanol–water partition coefficient (Wildman–Crippen LogP) is 18.3. The van der Waals surface area contributed by atoms with Crippen LogP contribution in [0.2, 0.25) is 0 Å². The van der Waals surface area contributed by atoms with E-state index < -0.39 is 0 Å². The van der Waals surface area contributed by atoms with Crippen LogP contribution in [0.4, 0.5) is 0 Å². The monoisotopic (exact) mass is 838 g/mol. The van der Waals surface area contributed by atoms with Crippen molar-refractivity contribution in [3.05, 3.63) is 238 Å². The summed E-state index contributed by atoms with van der Waals surface area (Å²) in [5.41, 5.74) is 22.2. The van der Waals surface area contributed by atoms with Gasteiger partial charge in [0.15, 0.2) is 0 Å². The van der Waals surface area contributed by atoms with E-state index in [1.165, 1.54) is 94.6 Å². The van der Waals surface area contributed by atoms with E-state index in [4.69, 9.17) is 0 Å². The molecule has 9 rings (SSSR count). The molecule has 0 bridgehead atoms. The minimum atomic E-state index is 0.0542. The number of allylic oxidation sites excluding steroid dienone is 1. The molecule has 0 unspecified atom stereocenters. The van der Waals surface area contributed by atoms with Gasteiger partial charge in [0.25, 0.3) is 0 Å². The second kappa shape index (κ2) is 23.6. The summed E-state index contributed by atoms with van der Waals surface area (Å²) < 4.78 is 0. The van der Waals surface area contributed by atoms with Gasteiger partial charge in [-0.15, -0.1) is 0 Å². The number of aryl methyl sites for hydroxylation is 4. The van der Waals surface area contributed by atoms with Gasteiger partial charge in [0, 0.05) is 17.8 Å². The Morgan fingerprint density at radius 2 is 0.969 bits per heavy atom. The summed E-state index contributed by atoms with van der Waals surface area (Å²) in [6, 6.07) is 61.0. The van der Waals surface area contributed by atoms with Gasteiger partial charge in [-0.3, -0.25) is 4.98 Å². The van der Waals surface area contributed by atoms with Gasteiger partial charge in [-0.2, -0.15) is 0 Å². The molecule has 64 heavy (non-hydrogen) atoms. The molecular formula is C63H67N. The molecule has 1 aliphatic carbocycles. The number of hydrogen-bond donors (Lipinski definition) is 0. The number of fused-ring (bicyclic) bond motifs is 3. The van der Waals surface area contributed by atoms with Gasteiger partial charge in [-0.05, 0) is 136 Å². The highest BCUT2D eigenvalue weighted by Gasteiger charge is 2.34. The maximum absolute atomic E-state index is 3.88. The molecule has 0 spiro atoms. The molecule has 1 aromatic heterocycles. The molecule has 0 N–H and O–H groups in total. The standard InChI is InChI=1S/C27H24.C26H24.C6H7N.2C2H6/c1-19-11-13-22(14-12-19)23-8-6-9-24(18-23)25-15-16-27(21(3)17-25)26-10-5-4-7-20(26)2;1-4-9-20-10-5-6-11-21(20)16-14-19-15-17-23-22-12-7-8-13-24(22)26(2,3)25(23)18-19;1-6-3-2-4-7-5-6;2*1-2/h4-18H,1-3H3;4-18H,1-3H3;2-5H,1H3;2*1-2H3/b;9-4+,16-14-;;;. The van der Waals surface area contributed by atoms with E-state index >= 15 is 0 Å². The summed E-state index contributed by atoms with van der Waals surface area (Å²) in [5, 5.41) is 0. The van der Waals surface area contributed by atoms with Crippen LogP contribution in [0.5, 0.6) is 0 Å². The van der Waals surface area contributed by atoms with Crippen molar-refractivity contribution in [3.63, 3.8) is 0 Å². The van der Waals surface area contributed by atoms with Gasteiger partial charge in [0.2, 0.25) is 0 Å². The van der Waals surface area contributed by atoms with Gasteiger partial charge in [-0.1, -0.05) is 229 Å². The quantitative estimate of drug-likeness (QED) is 0.152. The van der Waals surface area contributed by atoms with Crippen LogP contribution in [-0.2, 0) is 5.41 Å². The third-order valence-electron chi connectivity index (χ3n) is 11.5. The zero-order valence-corrected chi connectivity index (χ0v) is 40.1. The fourth-order valence-electron chi connectivity index (χ4n) is 8.10. The van der Waals surface area contributed by atoms with E-state index in [2.05, 4.69) is 229 Å². The average Bonchev–Trinajstić information content (AvgIpc) is 3.56. The summed E-state index contributed by atoms with van der Waals surface area (Å²) in [6.07, 6.45) is 12.3. The molecule has 7 aromatic carbocycles. The third-order valence-corrected chi connectivity index (χ3v) is 11.5. The SMILES string of the molecule is C/C=C/c1ccccc1/C=C\c1ccc2c(c1)C(C)(C)c1ccccc1-2.CC.CC.Cc1ccc(-c2cccc(-c3ccc(-c4ccccc4C)c(C)c3)c2)cc1.Cc1cccnc1. The smallest absolute Gasteiger partial charge is 0.0297 e. The molecule has 0 saturated heterocycles. The van der Waals surface area contributed by atoms with Crippen molar-refractivity contribution in [2.75, 3.05) is 0 Å². The lowest BCUT2D eigenvalue weighted by atomic mass is 9.82. The maximum atomic E-state index is 3.88.